The van der Waals surface area contributed by atoms with Crippen molar-refractivity contribution in [3.05, 3.63) is 52.8 Å². The number of hydrogen-bond acceptors (Lipinski definition) is 6. The Kier molecular flexibility index (Phi) is 5.41. The molecule has 0 saturated heterocycles. The Morgan fingerprint density at radius 1 is 1.11 bits per heavy atom. The number of benzene rings is 1. The van der Waals surface area contributed by atoms with E-state index in [2.05, 4.69) is 25.7 Å². The molecule has 0 fully saturated rings. The third-order valence-corrected chi connectivity index (χ3v) is 4.26. The van der Waals surface area contributed by atoms with Crippen molar-refractivity contribution in [1.29, 1.82) is 0 Å². The van der Waals surface area contributed by atoms with Crippen LogP contribution in [0.4, 0.5) is 17.3 Å². The molecule has 2 N–H and O–H groups in total. The van der Waals surface area contributed by atoms with Gasteiger partial charge in [0.2, 0.25) is 0 Å². The third kappa shape index (κ3) is 4.62. The molecule has 0 spiro atoms. The van der Waals surface area contributed by atoms with Gasteiger partial charge in [-0.2, -0.15) is 15.1 Å². The molecule has 0 bridgehead atoms. The van der Waals surface area contributed by atoms with E-state index in [1.807, 2.05) is 32.0 Å². The molecule has 8 heteroatoms. The third-order valence-electron chi connectivity index (χ3n) is 4.00. The molecule has 3 rings (SSSR count). The first-order valence-electron chi connectivity index (χ1n) is 8.54. The molecule has 7 nitrogen and oxygen atoms in total. The SMILES string of the molecule is CC(=O)[C@H](C)Nc1cc(Nc2ccc(Cl)cc2)nc(-n2nc(C)cc2C)n1. The highest BCUT2D eigenvalue weighted by atomic mass is 35.5. The lowest BCUT2D eigenvalue weighted by Gasteiger charge is -2.15. The van der Waals surface area contributed by atoms with Crippen molar-refractivity contribution in [3.63, 3.8) is 0 Å². The molecule has 2 aromatic heterocycles. The molecule has 0 unspecified atom stereocenters. The highest BCUT2D eigenvalue weighted by molar-refractivity contribution is 6.30. The molecule has 0 aliphatic heterocycles. The first-order chi connectivity index (χ1) is 12.8. The summed E-state index contributed by atoms with van der Waals surface area (Å²) in [5, 5.41) is 11.4. The lowest BCUT2D eigenvalue weighted by molar-refractivity contribution is -0.117. The normalized spacial score (nSPS) is 11.9. The fourth-order valence-electron chi connectivity index (χ4n) is 2.50. The minimum atomic E-state index is -0.364. The van der Waals surface area contributed by atoms with E-state index in [0.29, 0.717) is 22.6 Å². The highest BCUT2D eigenvalue weighted by Crippen LogP contribution is 2.21. The predicted octanol–water partition coefficient (Wildman–Crippen LogP) is 4.07. The van der Waals surface area contributed by atoms with E-state index < -0.39 is 0 Å². The first-order valence-corrected chi connectivity index (χ1v) is 8.92. The fraction of sp³-hybridized carbons (Fsp3) is 0.263. The van der Waals surface area contributed by atoms with Crippen LogP contribution in [-0.4, -0.2) is 31.6 Å². The summed E-state index contributed by atoms with van der Waals surface area (Å²) in [6.07, 6.45) is 0. The summed E-state index contributed by atoms with van der Waals surface area (Å²) >= 11 is 5.94. The molecule has 0 saturated carbocycles. The van der Waals surface area contributed by atoms with E-state index >= 15 is 0 Å². The monoisotopic (exact) mass is 384 g/mol. The van der Waals surface area contributed by atoms with Crippen LogP contribution >= 0.6 is 11.6 Å². The molecule has 0 radical (unpaired) electrons. The number of carbonyl (C=O) groups excluding carboxylic acids is 1. The molecule has 1 atom stereocenters. The number of hydrogen-bond donors (Lipinski definition) is 2. The molecule has 0 aliphatic carbocycles. The number of ketones is 1. The Morgan fingerprint density at radius 3 is 2.37 bits per heavy atom. The number of Topliss-reactive ketones (excluding diaryl/α,β-unsaturated/α-hetero) is 1. The Hall–Kier alpha value is -2.93. The number of halogens is 1. The van der Waals surface area contributed by atoms with Gasteiger partial charge in [0.25, 0.3) is 5.95 Å². The number of carbonyl (C=O) groups is 1. The van der Waals surface area contributed by atoms with E-state index in [4.69, 9.17) is 11.6 Å². The van der Waals surface area contributed by atoms with Crippen molar-refractivity contribution in [2.75, 3.05) is 10.6 Å². The number of rotatable bonds is 6. The molecule has 2 heterocycles. The number of aromatic nitrogens is 4. The Bertz CT molecular complexity index is 967. The van der Waals surface area contributed by atoms with E-state index in [9.17, 15) is 4.79 Å². The second-order valence-corrected chi connectivity index (χ2v) is 6.82. The number of anilines is 3. The van der Waals surface area contributed by atoms with Crippen molar-refractivity contribution in [1.82, 2.24) is 19.7 Å². The van der Waals surface area contributed by atoms with Crippen LogP contribution in [0.3, 0.4) is 0 Å². The molecule has 1 aromatic carbocycles. The van der Waals surface area contributed by atoms with Crippen LogP contribution in [0, 0.1) is 13.8 Å². The van der Waals surface area contributed by atoms with Gasteiger partial charge in [-0.05, 0) is 58.0 Å². The van der Waals surface area contributed by atoms with Gasteiger partial charge in [0.1, 0.15) is 11.6 Å². The molecular weight excluding hydrogens is 364 g/mol. The molecule has 27 heavy (non-hydrogen) atoms. The molecule has 0 amide bonds. The highest BCUT2D eigenvalue weighted by Gasteiger charge is 2.14. The zero-order chi connectivity index (χ0) is 19.6. The van der Waals surface area contributed by atoms with Crippen molar-refractivity contribution in [3.8, 4) is 5.95 Å². The van der Waals surface area contributed by atoms with E-state index in [1.165, 1.54) is 6.92 Å². The predicted molar refractivity (Wildman–Crippen MR) is 107 cm³/mol. The smallest absolute Gasteiger partial charge is 0.254 e. The lowest BCUT2D eigenvalue weighted by Crippen LogP contribution is -2.24. The van der Waals surface area contributed by atoms with Crippen LogP contribution in [0.2, 0.25) is 5.02 Å². The van der Waals surface area contributed by atoms with Gasteiger partial charge in [0, 0.05) is 22.5 Å². The first kappa shape index (κ1) is 18.8. The number of nitrogens with one attached hydrogen (secondary N) is 2. The van der Waals surface area contributed by atoms with Gasteiger partial charge in [-0.3, -0.25) is 4.79 Å². The molecule has 140 valence electrons. The maximum absolute atomic E-state index is 11.6. The quantitative estimate of drug-likeness (QED) is 0.666. The maximum Gasteiger partial charge on any atom is 0.254 e. The minimum absolute atomic E-state index is 0.0217. The summed E-state index contributed by atoms with van der Waals surface area (Å²) < 4.78 is 1.67. The minimum Gasteiger partial charge on any atom is -0.360 e. The maximum atomic E-state index is 11.6. The van der Waals surface area contributed by atoms with Crippen molar-refractivity contribution >= 4 is 34.7 Å². The van der Waals surface area contributed by atoms with Crippen LogP contribution in [0.1, 0.15) is 25.2 Å². The molecule has 3 aromatic rings. The topological polar surface area (TPSA) is 84.7 Å². The van der Waals surface area contributed by atoms with Gasteiger partial charge >= 0.3 is 0 Å². The van der Waals surface area contributed by atoms with Crippen LogP contribution in [0.5, 0.6) is 0 Å². The van der Waals surface area contributed by atoms with Gasteiger partial charge < -0.3 is 10.6 Å². The molecular formula is C19H21ClN6O. The molecule has 0 aliphatic rings. The Balaban J connectivity index is 2.00. The Labute approximate surface area is 162 Å². The average Bonchev–Trinajstić information content (AvgIpc) is 2.95. The summed E-state index contributed by atoms with van der Waals surface area (Å²) in [7, 11) is 0. The van der Waals surface area contributed by atoms with Crippen LogP contribution in [0.15, 0.2) is 36.4 Å². The van der Waals surface area contributed by atoms with Crippen molar-refractivity contribution < 1.29 is 4.79 Å². The van der Waals surface area contributed by atoms with Gasteiger partial charge in [0.05, 0.1) is 11.7 Å². The van der Waals surface area contributed by atoms with Crippen LogP contribution in [0.25, 0.3) is 5.95 Å². The lowest BCUT2D eigenvalue weighted by atomic mass is 10.2. The van der Waals surface area contributed by atoms with Gasteiger partial charge in [-0.1, -0.05) is 11.6 Å². The standard InChI is InChI=1S/C19H21ClN6O/c1-11-9-12(2)26(25-11)19-23-17(21-13(3)14(4)27)10-18(24-19)22-16-7-5-15(20)6-8-16/h5-10,13H,1-4H3,(H2,21,22,23,24)/t13-/m0/s1. The van der Waals surface area contributed by atoms with Gasteiger partial charge in [-0.15, -0.1) is 0 Å². The zero-order valence-corrected chi connectivity index (χ0v) is 16.4. The van der Waals surface area contributed by atoms with E-state index in [-0.39, 0.29) is 11.8 Å². The van der Waals surface area contributed by atoms with Crippen LogP contribution < -0.4 is 10.6 Å². The summed E-state index contributed by atoms with van der Waals surface area (Å²) in [6.45, 7) is 7.18. The number of aryl methyl sites for hydroxylation is 2. The number of nitrogens with zero attached hydrogens (tertiary/aromatic N) is 4. The van der Waals surface area contributed by atoms with E-state index in [1.54, 1.807) is 29.8 Å². The largest absolute Gasteiger partial charge is 0.360 e. The second-order valence-electron chi connectivity index (χ2n) is 6.39. The average molecular weight is 385 g/mol. The van der Waals surface area contributed by atoms with Gasteiger partial charge in [-0.25, -0.2) is 4.68 Å². The summed E-state index contributed by atoms with van der Waals surface area (Å²) in [6, 6.07) is 10.7. The summed E-state index contributed by atoms with van der Waals surface area (Å²) in [4.78, 5) is 20.7. The van der Waals surface area contributed by atoms with E-state index in [0.717, 1.165) is 17.1 Å². The summed E-state index contributed by atoms with van der Waals surface area (Å²) in [5.74, 6) is 1.55. The van der Waals surface area contributed by atoms with Crippen LogP contribution in [-0.2, 0) is 4.79 Å². The zero-order valence-electron chi connectivity index (χ0n) is 15.6. The van der Waals surface area contributed by atoms with Gasteiger partial charge in [0.15, 0.2) is 5.78 Å². The fourth-order valence-corrected chi connectivity index (χ4v) is 2.63. The van der Waals surface area contributed by atoms with Crippen molar-refractivity contribution in [2.24, 2.45) is 0 Å². The Morgan fingerprint density at radius 2 is 1.78 bits per heavy atom. The summed E-state index contributed by atoms with van der Waals surface area (Å²) in [5.41, 5.74) is 2.63. The van der Waals surface area contributed by atoms with Crippen molar-refractivity contribution in [2.45, 2.75) is 33.7 Å². The second kappa shape index (κ2) is 7.75.